The number of hydrogen-bond acceptors (Lipinski definition) is 1. The minimum absolute atomic E-state index is 0.281. The second kappa shape index (κ2) is 5.57. The number of allylic oxidation sites excluding steroid dienone is 2. The zero-order valence-corrected chi connectivity index (χ0v) is 10.8. The molecule has 0 bridgehead atoms. The second-order valence-electron chi connectivity index (χ2n) is 4.69. The fourth-order valence-electron chi connectivity index (χ4n) is 2.52. The Kier molecular flexibility index (Phi) is 3.46. The summed E-state index contributed by atoms with van der Waals surface area (Å²) in [7, 11) is 0. The molecule has 1 heterocycles. The Labute approximate surface area is 114 Å². The van der Waals surface area contributed by atoms with Crippen LogP contribution in [0.4, 0.5) is 0 Å². The molecule has 19 heavy (non-hydrogen) atoms. The van der Waals surface area contributed by atoms with Crippen LogP contribution in [0, 0.1) is 0 Å². The lowest BCUT2D eigenvalue weighted by Gasteiger charge is -2.31. The van der Waals surface area contributed by atoms with Gasteiger partial charge in [-0.25, -0.2) is 0 Å². The predicted molar refractivity (Wildman–Crippen MR) is 79.7 cm³/mol. The van der Waals surface area contributed by atoms with Crippen molar-refractivity contribution in [2.45, 2.75) is 6.04 Å². The van der Waals surface area contributed by atoms with Gasteiger partial charge in [-0.2, -0.15) is 0 Å². The minimum Gasteiger partial charge on any atom is -0.363 e. The van der Waals surface area contributed by atoms with E-state index in [2.05, 4.69) is 90.0 Å². The smallest absolute Gasteiger partial charge is 0.0793 e. The van der Waals surface area contributed by atoms with Crippen LogP contribution in [-0.2, 0) is 0 Å². The molecule has 1 nitrogen and oxygen atoms in total. The summed E-state index contributed by atoms with van der Waals surface area (Å²) in [6.45, 7) is 0.949. The van der Waals surface area contributed by atoms with Gasteiger partial charge >= 0.3 is 0 Å². The van der Waals surface area contributed by atoms with E-state index in [9.17, 15) is 0 Å². The molecular formula is C18H17N. The lowest BCUT2D eigenvalue weighted by molar-refractivity contribution is 0.346. The van der Waals surface area contributed by atoms with E-state index in [-0.39, 0.29) is 6.04 Å². The normalized spacial score (nSPS) is 14.1. The first kappa shape index (κ1) is 11.8. The summed E-state index contributed by atoms with van der Waals surface area (Å²) in [6.07, 6.45) is 8.56. The maximum Gasteiger partial charge on any atom is 0.0793 e. The average Bonchev–Trinajstić information content (AvgIpc) is 2.51. The molecule has 1 aliphatic rings. The maximum atomic E-state index is 2.37. The molecule has 1 aliphatic heterocycles. The van der Waals surface area contributed by atoms with Crippen LogP contribution in [0.2, 0.25) is 0 Å². The van der Waals surface area contributed by atoms with E-state index in [4.69, 9.17) is 0 Å². The summed E-state index contributed by atoms with van der Waals surface area (Å²) in [5.74, 6) is 0. The monoisotopic (exact) mass is 247 g/mol. The van der Waals surface area contributed by atoms with Gasteiger partial charge in [0.05, 0.1) is 6.04 Å². The zero-order chi connectivity index (χ0) is 12.9. The molecule has 0 radical (unpaired) electrons. The third-order valence-electron chi connectivity index (χ3n) is 3.40. The molecule has 94 valence electrons. The number of hydrogen-bond donors (Lipinski definition) is 0. The van der Waals surface area contributed by atoms with Crippen LogP contribution in [0.25, 0.3) is 0 Å². The van der Waals surface area contributed by atoms with E-state index in [1.54, 1.807) is 0 Å². The molecule has 0 amide bonds. The maximum absolute atomic E-state index is 2.37. The van der Waals surface area contributed by atoms with Crippen LogP contribution in [-0.4, -0.2) is 11.4 Å². The Morgan fingerprint density at radius 2 is 1.32 bits per heavy atom. The zero-order valence-electron chi connectivity index (χ0n) is 10.8. The molecule has 0 aromatic heterocycles. The van der Waals surface area contributed by atoms with E-state index in [1.807, 2.05) is 0 Å². The minimum atomic E-state index is 0.281. The highest BCUT2D eigenvalue weighted by Gasteiger charge is 2.19. The third kappa shape index (κ3) is 2.60. The number of rotatable bonds is 3. The molecule has 0 aliphatic carbocycles. The highest BCUT2D eigenvalue weighted by Crippen LogP contribution is 2.29. The van der Waals surface area contributed by atoms with E-state index in [1.165, 1.54) is 11.1 Å². The first-order valence-corrected chi connectivity index (χ1v) is 6.64. The van der Waals surface area contributed by atoms with Gasteiger partial charge in [-0.15, -0.1) is 0 Å². The standard InChI is InChI=1S/C18H17N/c1-4-10-16(11-5-1)18(17-12-6-2-7-13-17)19-14-8-3-9-15-19/h1-14,18H,15H2. The molecule has 0 unspecified atom stereocenters. The molecule has 0 saturated heterocycles. The van der Waals surface area contributed by atoms with Crippen molar-refractivity contribution in [2.24, 2.45) is 0 Å². The van der Waals surface area contributed by atoms with Crippen molar-refractivity contribution in [1.82, 2.24) is 4.90 Å². The summed E-state index contributed by atoms with van der Waals surface area (Å²) in [5, 5.41) is 0. The van der Waals surface area contributed by atoms with Gasteiger partial charge in [-0.05, 0) is 17.2 Å². The van der Waals surface area contributed by atoms with Gasteiger partial charge < -0.3 is 4.90 Å². The van der Waals surface area contributed by atoms with Crippen molar-refractivity contribution < 1.29 is 0 Å². The van der Waals surface area contributed by atoms with E-state index >= 15 is 0 Å². The van der Waals surface area contributed by atoms with E-state index in [0.717, 1.165) is 6.54 Å². The lowest BCUT2D eigenvalue weighted by atomic mass is 9.97. The largest absolute Gasteiger partial charge is 0.363 e. The molecule has 2 aromatic rings. The lowest BCUT2D eigenvalue weighted by Crippen LogP contribution is -2.25. The van der Waals surface area contributed by atoms with E-state index < -0.39 is 0 Å². The Balaban J connectivity index is 2.01. The first-order valence-electron chi connectivity index (χ1n) is 6.64. The van der Waals surface area contributed by atoms with Crippen molar-refractivity contribution in [3.05, 3.63) is 96.2 Å². The molecule has 2 aromatic carbocycles. The highest BCUT2D eigenvalue weighted by molar-refractivity contribution is 5.33. The topological polar surface area (TPSA) is 3.24 Å². The third-order valence-corrected chi connectivity index (χ3v) is 3.40. The molecule has 0 spiro atoms. The van der Waals surface area contributed by atoms with Gasteiger partial charge in [0.15, 0.2) is 0 Å². The van der Waals surface area contributed by atoms with Crippen molar-refractivity contribution in [3.63, 3.8) is 0 Å². The van der Waals surface area contributed by atoms with Crippen molar-refractivity contribution in [2.75, 3.05) is 6.54 Å². The van der Waals surface area contributed by atoms with Gasteiger partial charge in [-0.3, -0.25) is 0 Å². The Hall–Kier alpha value is -2.28. The van der Waals surface area contributed by atoms with Crippen molar-refractivity contribution in [1.29, 1.82) is 0 Å². The summed E-state index contributed by atoms with van der Waals surface area (Å²) in [6, 6.07) is 21.6. The number of nitrogens with zero attached hydrogens (tertiary/aromatic N) is 1. The molecule has 0 atom stereocenters. The van der Waals surface area contributed by atoms with E-state index in [0.29, 0.717) is 0 Å². The van der Waals surface area contributed by atoms with Gasteiger partial charge in [0.1, 0.15) is 0 Å². The quantitative estimate of drug-likeness (QED) is 0.787. The van der Waals surface area contributed by atoms with Gasteiger partial charge in [0, 0.05) is 12.7 Å². The first-order chi connectivity index (χ1) is 9.45. The molecule has 1 heteroatoms. The van der Waals surface area contributed by atoms with Gasteiger partial charge in [-0.1, -0.05) is 72.8 Å². The Morgan fingerprint density at radius 3 is 1.79 bits per heavy atom. The molecule has 0 fully saturated rings. The van der Waals surface area contributed by atoms with Crippen LogP contribution < -0.4 is 0 Å². The molecule has 0 saturated carbocycles. The van der Waals surface area contributed by atoms with Crippen LogP contribution in [0.1, 0.15) is 17.2 Å². The Bertz CT molecular complexity index is 530. The molecule has 3 rings (SSSR count). The summed E-state index contributed by atoms with van der Waals surface area (Å²) >= 11 is 0. The Morgan fingerprint density at radius 1 is 0.737 bits per heavy atom. The van der Waals surface area contributed by atoms with Crippen LogP contribution >= 0.6 is 0 Å². The SMILES string of the molecule is C1=CCN(C(c2ccccc2)c2ccccc2)C=C1. The van der Waals surface area contributed by atoms with Gasteiger partial charge in [0.25, 0.3) is 0 Å². The molecule has 0 N–H and O–H groups in total. The van der Waals surface area contributed by atoms with Crippen molar-refractivity contribution >= 4 is 0 Å². The van der Waals surface area contributed by atoms with Crippen LogP contribution in [0.15, 0.2) is 85.1 Å². The second-order valence-corrected chi connectivity index (χ2v) is 4.69. The fraction of sp³-hybridized carbons (Fsp3) is 0.111. The van der Waals surface area contributed by atoms with Crippen molar-refractivity contribution in [3.8, 4) is 0 Å². The molecular weight excluding hydrogens is 230 g/mol. The average molecular weight is 247 g/mol. The highest BCUT2D eigenvalue weighted by atomic mass is 15.1. The fourth-order valence-corrected chi connectivity index (χ4v) is 2.52. The predicted octanol–water partition coefficient (Wildman–Crippen LogP) is 4.16. The van der Waals surface area contributed by atoms with Crippen LogP contribution in [0.3, 0.4) is 0 Å². The summed E-state index contributed by atoms with van der Waals surface area (Å²) in [5.41, 5.74) is 2.65. The van der Waals surface area contributed by atoms with Gasteiger partial charge in [0.2, 0.25) is 0 Å². The summed E-state index contributed by atoms with van der Waals surface area (Å²) < 4.78 is 0. The van der Waals surface area contributed by atoms with Crippen LogP contribution in [0.5, 0.6) is 0 Å². The summed E-state index contributed by atoms with van der Waals surface area (Å²) in [4.78, 5) is 2.37. The number of benzene rings is 2.